The van der Waals surface area contributed by atoms with Gasteiger partial charge in [0.15, 0.2) is 0 Å². The fourth-order valence-corrected chi connectivity index (χ4v) is 2.62. The van der Waals surface area contributed by atoms with Crippen LogP contribution in [0, 0.1) is 5.82 Å². The predicted molar refractivity (Wildman–Crippen MR) is 108 cm³/mol. The standard InChI is InChI=1S/C22H22FN3O2/c1-15(2)28-20-9-6-18(7-10-20)25-21-11-8-19(14-24-21)26-22(27)13-16-4-3-5-17(23)12-16/h3-12,14-15H,13H2,1-2H3,(H,24,25)(H,26,27). The molecule has 1 amide bonds. The Morgan fingerprint density at radius 3 is 2.46 bits per heavy atom. The molecule has 144 valence electrons. The maximum absolute atomic E-state index is 13.2. The van der Waals surface area contributed by atoms with Crippen molar-refractivity contribution in [3.63, 3.8) is 0 Å². The first-order chi connectivity index (χ1) is 13.5. The van der Waals surface area contributed by atoms with E-state index in [1.807, 2.05) is 38.1 Å². The molecule has 6 heteroatoms. The Balaban J connectivity index is 1.55. The quantitative estimate of drug-likeness (QED) is 0.611. The van der Waals surface area contributed by atoms with Crippen LogP contribution in [-0.2, 0) is 11.2 Å². The Labute approximate surface area is 163 Å². The van der Waals surface area contributed by atoms with E-state index in [9.17, 15) is 9.18 Å². The molecule has 0 fully saturated rings. The Kier molecular flexibility index (Phi) is 6.22. The lowest BCUT2D eigenvalue weighted by molar-refractivity contribution is -0.115. The highest BCUT2D eigenvalue weighted by atomic mass is 19.1. The molecule has 0 aliphatic rings. The average molecular weight is 379 g/mol. The molecule has 2 N–H and O–H groups in total. The Bertz CT molecular complexity index is 925. The van der Waals surface area contributed by atoms with Crippen LogP contribution in [0.15, 0.2) is 66.9 Å². The van der Waals surface area contributed by atoms with Gasteiger partial charge in [-0.15, -0.1) is 0 Å². The number of anilines is 3. The van der Waals surface area contributed by atoms with Crippen LogP contribution in [0.5, 0.6) is 5.75 Å². The van der Waals surface area contributed by atoms with Gasteiger partial charge < -0.3 is 15.4 Å². The molecular formula is C22H22FN3O2. The van der Waals surface area contributed by atoms with Gasteiger partial charge in [0.1, 0.15) is 17.4 Å². The molecule has 0 atom stereocenters. The van der Waals surface area contributed by atoms with Crippen LogP contribution in [0.2, 0.25) is 0 Å². The fourth-order valence-electron chi connectivity index (χ4n) is 2.62. The molecule has 0 bridgehead atoms. The number of halogens is 1. The third-order valence-electron chi connectivity index (χ3n) is 3.80. The molecule has 0 aliphatic heterocycles. The number of hydrogen-bond acceptors (Lipinski definition) is 4. The van der Waals surface area contributed by atoms with Crippen LogP contribution >= 0.6 is 0 Å². The summed E-state index contributed by atoms with van der Waals surface area (Å²) < 4.78 is 18.8. The summed E-state index contributed by atoms with van der Waals surface area (Å²) in [5, 5.41) is 5.95. The van der Waals surface area contributed by atoms with Gasteiger partial charge in [0.05, 0.1) is 24.4 Å². The van der Waals surface area contributed by atoms with Gasteiger partial charge in [0.2, 0.25) is 5.91 Å². The van der Waals surface area contributed by atoms with E-state index in [0.717, 1.165) is 11.4 Å². The number of rotatable bonds is 7. The summed E-state index contributed by atoms with van der Waals surface area (Å²) in [6, 6.07) is 17.1. The lowest BCUT2D eigenvalue weighted by Crippen LogP contribution is -2.14. The number of carbonyl (C=O) groups is 1. The zero-order valence-electron chi connectivity index (χ0n) is 15.8. The lowest BCUT2D eigenvalue weighted by Gasteiger charge is -2.11. The fraction of sp³-hybridized carbons (Fsp3) is 0.182. The number of benzene rings is 2. The molecule has 2 aromatic carbocycles. The number of nitrogens with zero attached hydrogens (tertiary/aromatic N) is 1. The van der Waals surface area contributed by atoms with Crippen molar-refractivity contribution in [3.05, 3.63) is 78.2 Å². The minimum Gasteiger partial charge on any atom is -0.491 e. The highest BCUT2D eigenvalue weighted by Crippen LogP contribution is 2.20. The molecule has 0 spiro atoms. The Hall–Kier alpha value is -3.41. The predicted octanol–water partition coefficient (Wildman–Crippen LogP) is 4.93. The molecule has 0 radical (unpaired) electrons. The summed E-state index contributed by atoms with van der Waals surface area (Å²) in [6.45, 7) is 3.96. The third kappa shape index (κ3) is 5.81. The topological polar surface area (TPSA) is 63.2 Å². The summed E-state index contributed by atoms with van der Waals surface area (Å²) in [5.74, 6) is 0.880. The largest absolute Gasteiger partial charge is 0.491 e. The van der Waals surface area contributed by atoms with Gasteiger partial charge >= 0.3 is 0 Å². The van der Waals surface area contributed by atoms with E-state index in [4.69, 9.17) is 4.74 Å². The van der Waals surface area contributed by atoms with Crippen molar-refractivity contribution < 1.29 is 13.9 Å². The van der Waals surface area contributed by atoms with Gasteiger partial charge in [0.25, 0.3) is 0 Å². The number of carbonyl (C=O) groups excluding carboxylic acids is 1. The van der Waals surface area contributed by atoms with E-state index in [1.54, 1.807) is 30.5 Å². The van der Waals surface area contributed by atoms with E-state index in [0.29, 0.717) is 17.1 Å². The molecule has 0 aliphatic carbocycles. The Morgan fingerprint density at radius 2 is 1.82 bits per heavy atom. The summed E-state index contributed by atoms with van der Waals surface area (Å²) in [4.78, 5) is 16.4. The van der Waals surface area contributed by atoms with Crippen molar-refractivity contribution in [1.82, 2.24) is 4.98 Å². The second-order valence-corrected chi connectivity index (χ2v) is 6.60. The molecule has 1 heterocycles. The van der Waals surface area contributed by atoms with E-state index < -0.39 is 0 Å². The zero-order valence-corrected chi connectivity index (χ0v) is 15.8. The first kappa shape index (κ1) is 19.4. The van der Waals surface area contributed by atoms with Crippen LogP contribution in [0.25, 0.3) is 0 Å². The number of amides is 1. The molecule has 3 rings (SSSR count). The molecule has 0 unspecified atom stereocenters. The van der Waals surface area contributed by atoms with E-state index in [1.165, 1.54) is 12.1 Å². The van der Waals surface area contributed by atoms with Gasteiger partial charge in [-0.1, -0.05) is 12.1 Å². The average Bonchev–Trinajstić information content (AvgIpc) is 2.64. The van der Waals surface area contributed by atoms with E-state index in [2.05, 4.69) is 15.6 Å². The van der Waals surface area contributed by atoms with Crippen molar-refractivity contribution in [2.45, 2.75) is 26.4 Å². The first-order valence-electron chi connectivity index (χ1n) is 9.02. The second-order valence-electron chi connectivity index (χ2n) is 6.60. The number of nitrogens with one attached hydrogen (secondary N) is 2. The first-order valence-corrected chi connectivity index (χ1v) is 9.02. The normalized spacial score (nSPS) is 10.6. The molecule has 0 saturated carbocycles. The van der Waals surface area contributed by atoms with Gasteiger partial charge in [-0.05, 0) is 67.9 Å². The van der Waals surface area contributed by atoms with Gasteiger partial charge in [-0.3, -0.25) is 4.79 Å². The van der Waals surface area contributed by atoms with Crippen LogP contribution in [-0.4, -0.2) is 17.0 Å². The second kappa shape index (κ2) is 8.99. The van der Waals surface area contributed by atoms with Crippen LogP contribution in [0.3, 0.4) is 0 Å². The highest BCUT2D eigenvalue weighted by Gasteiger charge is 2.06. The van der Waals surface area contributed by atoms with Crippen molar-refractivity contribution in [1.29, 1.82) is 0 Å². The molecule has 28 heavy (non-hydrogen) atoms. The minimum atomic E-state index is -0.355. The van der Waals surface area contributed by atoms with E-state index in [-0.39, 0.29) is 24.2 Å². The number of ether oxygens (including phenoxy) is 1. The van der Waals surface area contributed by atoms with Crippen LogP contribution in [0.1, 0.15) is 19.4 Å². The maximum Gasteiger partial charge on any atom is 0.228 e. The van der Waals surface area contributed by atoms with Crippen molar-refractivity contribution >= 4 is 23.1 Å². The molecule has 0 saturated heterocycles. The van der Waals surface area contributed by atoms with Crippen molar-refractivity contribution in [2.75, 3.05) is 10.6 Å². The lowest BCUT2D eigenvalue weighted by atomic mass is 10.1. The minimum absolute atomic E-state index is 0.0998. The van der Waals surface area contributed by atoms with E-state index >= 15 is 0 Å². The van der Waals surface area contributed by atoms with Gasteiger partial charge in [-0.2, -0.15) is 0 Å². The molecule has 3 aromatic rings. The highest BCUT2D eigenvalue weighted by molar-refractivity contribution is 5.92. The smallest absolute Gasteiger partial charge is 0.228 e. The number of aromatic nitrogens is 1. The van der Waals surface area contributed by atoms with Crippen molar-refractivity contribution in [2.24, 2.45) is 0 Å². The third-order valence-corrected chi connectivity index (χ3v) is 3.80. The van der Waals surface area contributed by atoms with Crippen LogP contribution < -0.4 is 15.4 Å². The van der Waals surface area contributed by atoms with Gasteiger partial charge in [0, 0.05) is 5.69 Å². The van der Waals surface area contributed by atoms with Crippen molar-refractivity contribution in [3.8, 4) is 5.75 Å². The number of pyridine rings is 1. The molecule has 1 aromatic heterocycles. The number of hydrogen-bond donors (Lipinski definition) is 2. The molecule has 5 nitrogen and oxygen atoms in total. The molecular weight excluding hydrogens is 357 g/mol. The zero-order chi connectivity index (χ0) is 19.9. The summed E-state index contributed by atoms with van der Waals surface area (Å²) in [6.07, 6.45) is 1.80. The monoisotopic (exact) mass is 379 g/mol. The Morgan fingerprint density at radius 1 is 1.07 bits per heavy atom. The summed E-state index contributed by atoms with van der Waals surface area (Å²) >= 11 is 0. The maximum atomic E-state index is 13.2. The summed E-state index contributed by atoms with van der Waals surface area (Å²) in [7, 11) is 0. The van der Waals surface area contributed by atoms with Crippen LogP contribution in [0.4, 0.5) is 21.6 Å². The SMILES string of the molecule is CC(C)Oc1ccc(Nc2ccc(NC(=O)Cc3cccc(F)c3)cn2)cc1. The van der Waals surface area contributed by atoms with Gasteiger partial charge in [-0.25, -0.2) is 9.37 Å². The summed E-state index contributed by atoms with van der Waals surface area (Å²) in [5.41, 5.74) is 2.08.